The molecule has 8 unspecified atom stereocenters. The number of amides is 3. The van der Waals surface area contributed by atoms with Crippen LogP contribution in [0.1, 0.15) is 139 Å². The molecule has 2 saturated heterocycles. The molecular formula is C70H87F9N3O11P. The lowest BCUT2D eigenvalue weighted by Gasteiger charge is -2.50. The van der Waals surface area contributed by atoms with Gasteiger partial charge in [0.1, 0.15) is 35.2 Å². The standard InChI is InChI=1S/C70H87F9N3O11P/c1-10-11-40-91-94(82(45(2)3)46(4)5)93-59-42-62(92-60(59)44-90-66(49-18-13-12-14-19-49,50-21-25-52(85-8)26-22-50)51-23-27-53(86-9)28-24-51)81-43-47(6)63(83)80(64(81)84)36-15-16-37-87-54-29-31-55-48(41-54)20-30-57-56(55)34-35-65(7)58(57)32-33-61(65)88-38-17-39-89-67(68(71,72)73,69(74,75)76)70(77,78)79/h1,12-14,18-19,21-29,31,41,45-47,56-62H,11,15-17,20,30,32-40,42-44H2,2-9H3/t47?,56?,57?,58?,59?,60-,61?,62-,65?,94?/m1/s1. The van der Waals surface area contributed by atoms with Crippen molar-refractivity contribution in [3.05, 3.63) is 125 Å². The lowest BCUT2D eigenvalue weighted by atomic mass is 9.55. The second kappa shape index (κ2) is 30.4. The van der Waals surface area contributed by atoms with E-state index in [2.05, 4.69) is 62.1 Å². The average molecular weight is 1350 g/mol. The molecule has 10 atom stereocenters. The van der Waals surface area contributed by atoms with Crippen LogP contribution in [0.4, 0.5) is 44.3 Å². The number of aryl methyl sites for hydroxylation is 1. The molecule has 5 aliphatic rings. The van der Waals surface area contributed by atoms with Gasteiger partial charge in [0, 0.05) is 44.6 Å². The van der Waals surface area contributed by atoms with E-state index >= 15 is 0 Å². The number of carbonyl (C=O) groups excluding carboxylic acids is 2. The molecular weight excluding hydrogens is 1260 g/mol. The van der Waals surface area contributed by atoms with Gasteiger partial charge in [0.25, 0.3) is 8.53 Å². The van der Waals surface area contributed by atoms with Crippen molar-refractivity contribution in [1.29, 1.82) is 0 Å². The number of urea groups is 1. The number of nitrogens with zero attached hydrogens (tertiary/aromatic N) is 3. The third-order valence-electron chi connectivity index (χ3n) is 19.5. The highest BCUT2D eigenvalue weighted by Crippen LogP contribution is 2.62. The van der Waals surface area contributed by atoms with Crippen LogP contribution < -0.4 is 14.2 Å². The van der Waals surface area contributed by atoms with Crippen molar-refractivity contribution < 1.29 is 91.3 Å². The van der Waals surface area contributed by atoms with Crippen LogP contribution in [0.15, 0.2) is 97.1 Å². The molecule has 0 N–H and O–H groups in total. The summed E-state index contributed by atoms with van der Waals surface area (Å²) in [6.45, 7) is 11.2. The maximum atomic E-state index is 14.8. The number of hydrogen-bond donors (Lipinski definition) is 0. The summed E-state index contributed by atoms with van der Waals surface area (Å²) in [5.74, 6) is 4.61. The SMILES string of the molecule is C#CCCOP(OC1C[C@H](N2CC(C)C(=O)N(CCCCOc3ccc4c(c3)CCC3C4CCC4(C)C(OCCCOC(C(F)(F)F)(C(F)(F)F)C(F)(F)F)CCC34)C2=O)O[C@@H]1COC(c1ccccc1)(c1ccc(OC)cc1)c1ccc(OC)cc1)N(C(C)C)C(C)C. The van der Waals surface area contributed by atoms with Crippen LogP contribution in [-0.4, -0.2) is 148 Å². The van der Waals surface area contributed by atoms with Gasteiger partial charge in [0.05, 0.1) is 58.8 Å². The molecule has 4 fully saturated rings. The first-order chi connectivity index (χ1) is 44.6. The van der Waals surface area contributed by atoms with Gasteiger partial charge in [-0.15, -0.1) is 12.3 Å². The fourth-order valence-electron chi connectivity index (χ4n) is 14.9. The van der Waals surface area contributed by atoms with Crippen molar-refractivity contribution >= 4 is 20.5 Å². The van der Waals surface area contributed by atoms with Gasteiger partial charge in [-0.2, -0.15) is 39.5 Å². The summed E-state index contributed by atoms with van der Waals surface area (Å²) in [5, 5.41) is 0. The van der Waals surface area contributed by atoms with Gasteiger partial charge in [0.15, 0.2) is 0 Å². The van der Waals surface area contributed by atoms with E-state index in [1.807, 2.05) is 91.9 Å². The smallest absolute Gasteiger partial charge is 0.435 e. The number of ether oxygens (including phenoxy) is 7. The molecule has 2 aliphatic heterocycles. The van der Waals surface area contributed by atoms with Gasteiger partial charge < -0.3 is 42.2 Å². The quantitative estimate of drug-likeness (QED) is 0.0169. The van der Waals surface area contributed by atoms with Crippen molar-refractivity contribution in [3.8, 4) is 29.6 Å². The molecule has 3 amide bonds. The van der Waals surface area contributed by atoms with Gasteiger partial charge in [-0.3, -0.25) is 14.6 Å². The molecule has 3 aliphatic carbocycles. The number of fused-ring (bicyclic) bond motifs is 5. The average Bonchev–Trinajstić information content (AvgIpc) is 1.03. The first-order valence-corrected chi connectivity index (χ1v) is 33.6. The normalized spacial score (nSPS) is 24.8. The number of halogens is 9. The molecule has 4 aromatic rings. The molecule has 4 aromatic carbocycles. The highest BCUT2D eigenvalue weighted by molar-refractivity contribution is 7.44. The zero-order valence-corrected chi connectivity index (χ0v) is 55.4. The second-order valence-electron chi connectivity index (χ2n) is 25.9. The third-order valence-corrected chi connectivity index (χ3v) is 21.7. The molecule has 0 aromatic heterocycles. The van der Waals surface area contributed by atoms with Crippen molar-refractivity contribution in [2.45, 2.75) is 184 Å². The Morgan fingerprint density at radius 2 is 1.35 bits per heavy atom. The lowest BCUT2D eigenvalue weighted by Crippen LogP contribution is -2.67. The van der Waals surface area contributed by atoms with E-state index in [1.165, 1.54) is 16.0 Å². The third kappa shape index (κ3) is 15.0. The number of benzene rings is 4. The van der Waals surface area contributed by atoms with Gasteiger partial charge in [-0.25, -0.2) is 9.46 Å². The van der Waals surface area contributed by atoms with Crippen LogP contribution >= 0.6 is 8.53 Å². The van der Waals surface area contributed by atoms with Crippen LogP contribution in [0, 0.1) is 35.5 Å². The van der Waals surface area contributed by atoms with E-state index in [-0.39, 0.29) is 86.6 Å². The van der Waals surface area contributed by atoms with E-state index in [1.54, 1.807) is 19.1 Å². The molecule has 14 nitrogen and oxygen atoms in total. The zero-order valence-electron chi connectivity index (χ0n) is 54.5. The van der Waals surface area contributed by atoms with Crippen LogP contribution in [0.2, 0.25) is 0 Å². The van der Waals surface area contributed by atoms with Crippen LogP contribution in [0.5, 0.6) is 17.2 Å². The summed E-state index contributed by atoms with van der Waals surface area (Å²) < 4.78 is 178. The molecule has 0 spiro atoms. The lowest BCUT2D eigenvalue weighted by molar-refractivity contribution is -0.457. The fourth-order valence-corrected chi connectivity index (χ4v) is 16.7. The van der Waals surface area contributed by atoms with Crippen molar-refractivity contribution in [2.24, 2.45) is 23.2 Å². The summed E-state index contributed by atoms with van der Waals surface area (Å²) in [5.41, 5.74) is -2.99. The van der Waals surface area contributed by atoms with Gasteiger partial charge in [-0.05, 0) is 173 Å². The highest BCUT2D eigenvalue weighted by atomic mass is 31.2. The number of methoxy groups -OCH3 is 2. The summed E-state index contributed by atoms with van der Waals surface area (Å²) in [4.78, 5) is 31.8. The van der Waals surface area contributed by atoms with Crippen LogP contribution in [-0.2, 0) is 44.8 Å². The molecule has 0 radical (unpaired) electrons. The van der Waals surface area contributed by atoms with E-state index in [9.17, 15) is 49.1 Å². The summed E-state index contributed by atoms with van der Waals surface area (Å²) >= 11 is 0. The Kier molecular flexibility index (Phi) is 23.5. The number of terminal acetylenes is 1. The minimum Gasteiger partial charge on any atom is -0.497 e. The maximum Gasteiger partial charge on any atom is 0.435 e. The predicted molar refractivity (Wildman–Crippen MR) is 335 cm³/mol. The van der Waals surface area contributed by atoms with Gasteiger partial charge in [0.2, 0.25) is 5.91 Å². The monoisotopic (exact) mass is 1350 g/mol. The number of imide groups is 1. The molecule has 0 bridgehead atoms. The first kappa shape index (κ1) is 72.6. The summed E-state index contributed by atoms with van der Waals surface area (Å²) in [6, 6.07) is 31.1. The topological polar surface area (TPSA) is 127 Å². The maximum absolute atomic E-state index is 14.8. The van der Waals surface area contributed by atoms with Gasteiger partial charge >= 0.3 is 30.2 Å². The minimum absolute atomic E-state index is 0.00899. The van der Waals surface area contributed by atoms with Crippen molar-refractivity contribution in [1.82, 2.24) is 14.5 Å². The zero-order chi connectivity index (χ0) is 68.0. The Morgan fingerprint density at radius 3 is 1.95 bits per heavy atom. The van der Waals surface area contributed by atoms with E-state index < -0.39 is 81.7 Å². The summed E-state index contributed by atoms with van der Waals surface area (Å²) in [6.07, 6.45) is -11.7. The highest BCUT2D eigenvalue weighted by Gasteiger charge is 2.85. The Morgan fingerprint density at radius 1 is 0.734 bits per heavy atom. The minimum atomic E-state index is -6.79. The Hall–Kier alpha value is -5.70. The molecule has 94 heavy (non-hydrogen) atoms. The number of carbonyl (C=O) groups is 2. The van der Waals surface area contributed by atoms with E-state index in [0.29, 0.717) is 49.5 Å². The van der Waals surface area contributed by atoms with Crippen LogP contribution in [0.25, 0.3) is 0 Å². The largest absolute Gasteiger partial charge is 0.497 e. The number of rotatable bonds is 29. The Labute approximate surface area is 546 Å². The number of unbranched alkanes of at least 4 members (excludes halogenated alkanes) is 1. The Bertz CT molecular complexity index is 3100. The van der Waals surface area contributed by atoms with Gasteiger partial charge in [-0.1, -0.05) is 74.5 Å². The molecule has 2 heterocycles. The van der Waals surface area contributed by atoms with Crippen molar-refractivity contribution in [2.75, 3.05) is 60.3 Å². The molecule has 2 saturated carbocycles. The molecule has 24 heteroatoms. The number of alkyl halides is 9. The van der Waals surface area contributed by atoms with E-state index in [0.717, 1.165) is 48.8 Å². The first-order valence-electron chi connectivity index (χ1n) is 32.4. The molecule has 516 valence electrons. The number of hydrogen-bond acceptors (Lipinski definition) is 12. The fraction of sp³-hybridized carbons (Fsp3) is 0.600. The summed E-state index contributed by atoms with van der Waals surface area (Å²) in [7, 11) is 1.50. The predicted octanol–water partition coefficient (Wildman–Crippen LogP) is 15.7. The molecule has 9 rings (SSSR count). The van der Waals surface area contributed by atoms with Crippen molar-refractivity contribution in [3.63, 3.8) is 0 Å². The second-order valence-corrected chi connectivity index (χ2v) is 27.3. The van der Waals surface area contributed by atoms with Crippen LogP contribution in [0.3, 0.4) is 0 Å². The van der Waals surface area contributed by atoms with E-state index in [4.69, 9.17) is 43.9 Å². The Balaban J connectivity index is 0.842.